The maximum atomic E-state index is 11.9. The number of carbonyl (C=O) groups excluding carboxylic acids is 1. The number of hydrogen-bond donors (Lipinski definition) is 3. The van der Waals surface area contributed by atoms with Crippen molar-refractivity contribution in [3.8, 4) is 0 Å². The van der Waals surface area contributed by atoms with E-state index in [1.807, 2.05) is 0 Å². The SMILES string of the molecule is O=C(NCC1CCCCC1O)C1CCNCC1. The van der Waals surface area contributed by atoms with Gasteiger partial charge in [0.25, 0.3) is 0 Å². The topological polar surface area (TPSA) is 61.4 Å². The Hall–Kier alpha value is -0.610. The fraction of sp³-hybridized carbons (Fsp3) is 0.923. The van der Waals surface area contributed by atoms with Crippen LogP contribution in [0.3, 0.4) is 0 Å². The smallest absolute Gasteiger partial charge is 0.223 e. The van der Waals surface area contributed by atoms with Gasteiger partial charge in [0.15, 0.2) is 0 Å². The van der Waals surface area contributed by atoms with Crippen LogP contribution in [0, 0.1) is 11.8 Å². The summed E-state index contributed by atoms with van der Waals surface area (Å²) < 4.78 is 0. The van der Waals surface area contributed by atoms with Crippen LogP contribution in [0.2, 0.25) is 0 Å². The van der Waals surface area contributed by atoms with Crippen molar-refractivity contribution in [3.05, 3.63) is 0 Å². The molecule has 2 aliphatic rings. The van der Waals surface area contributed by atoms with Crippen LogP contribution < -0.4 is 10.6 Å². The van der Waals surface area contributed by atoms with Gasteiger partial charge in [-0.3, -0.25) is 4.79 Å². The number of hydrogen-bond acceptors (Lipinski definition) is 3. The van der Waals surface area contributed by atoms with Crippen LogP contribution in [-0.4, -0.2) is 36.8 Å². The summed E-state index contributed by atoms with van der Waals surface area (Å²) in [6.45, 7) is 2.55. The molecule has 98 valence electrons. The lowest BCUT2D eigenvalue weighted by atomic mass is 9.86. The first-order chi connectivity index (χ1) is 8.27. The van der Waals surface area contributed by atoms with Gasteiger partial charge >= 0.3 is 0 Å². The van der Waals surface area contributed by atoms with Crippen molar-refractivity contribution in [2.45, 2.75) is 44.6 Å². The summed E-state index contributed by atoms with van der Waals surface area (Å²) in [7, 11) is 0. The van der Waals surface area contributed by atoms with E-state index in [1.165, 1.54) is 6.42 Å². The highest BCUT2D eigenvalue weighted by Gasteiger charge is 2.25. The summed E-state index contributed by atoms with van der Waals surface area (Å²) in [5.74, 6) is 0.635. The predicted octanol–water partition coefficient (Wildman–Crippen LogP) is 0.653. The van der Waals surface area contributed by atoms with E-state index < -0.39 is 0 Å². The van der Waals surface area contributed by atoms with Gasteiger partial charge in [0.05, 0.1) is 6.10 Å². The first kappa shape index (κ1) is 12.8. The van der Waals surface area contributed by atoms with Crippen molar-refractivity contribution in [2.75, 3.05) is 19.6 Å². The molecule has 1 saturated heterocycles. The molecule has 0 aromatic carbocycles. The van der Waals surface area contributed by atoms with E-state index in [-0.39, 0.29) is 23.8 Å². The van der Waals surface area contributed by atoms with Crippen molar-refractivity contribution < 1.29 is 9.90 Å². The highest BCUT2D eigenvalue weighted by Crippen LogP contribution is 2.23. The Bertz CT molecular complexity index is 252. The summed E-state index contributed by atoms with van der Waals surface area (Å²) >= 11 is 0. The zero-order valence-electron chi connectivity index (χ0n) is 10.5. The maximum Gasteiger partial charge on any atom is 0.223 e. The first-order valence-corrected chi connectivity index (χ1v) is 6.94. The molecule has 0 bridgehead atoms. The van der Waals surface area contributed by atoms with Gasteiger partial charge in [-0.15, -0.1) is 0 Å². The van der Waals surface area contributed by atoms with Crippen LogP contribution in [-0.2, 0) is 4.79 Å². The van der Waals surface area contributed by atoms with Crippen molar-refractivity contribution in [2.24, 2.45) is 11.8 Å². The van der Waals surface area contributed by atoms with Crippen LogP contribution in [0.1, 0.15) is 38.5 Å². The molecule has 1 aliphatic carbocycles. The number of amides is 1. The van der Waals surface area contributed by atoms with Gasteiger partial charge in [-0.05, 0) is 38.8 Å². The molecule has 1 saturated carbocycles. The Labute approximate surface area is 103 Å². The van der Waals surface area contributed by atoms with Gasteiger partial charge in [-0.1, -0.05) is 12.8 Å². The molecule has 0 aromatic rings. The molecule has 2 fully saturated rings. The third kappa shape index (κ3) is 3.68. The van der Waals surface area contributed by atoms with E-state index >= 15 is 0 Å². The van der Waals surface area contributed by atoms with Gasteiger partial charge in [-0.25, -0.2) is 0 Å². The van der Waals surface area contributed by atoms with E-state index in [4.69, 9.17) is 0 Å². The zero-order valence-corrected chi connectivity index (χ0v) is 10.5. The van der Waals surface area contributed by atoms with Gasteiger partial charge in [-0.2, -0.15) is 0 Å². The molecular formula is C13H24N2O2. The second-order valence-corrected chi connectivity index (χ2v) is 5.38. The normalized spacial score (nSPS) is 31.1. The predicted molar refractivity (Wildman–Crippen MR) is 66.6 cm³/mol. The van der Waals surface area contributed by atoms with Crippen LogP contribution >= 0.6 is 0 Å². The van der Waals surface area contributed by atoms with Crippen molar-refractivity contribution in [1.82, 2.24) is 10.6 Å². The molecule has 2 rings (SSSR count). The third-order valence-electron chi connectivity index (χ3n) is 4.12. The van der Waals surface area contributed by atoms with Crippen molar-refractivity contribution >= 4 is 5.91 Å². The standard InChI is InChI=1S/C13H24N2O2/c16-12-4-2-1-3-11(12)9-15-13(17)10-5-7-14-8-6-10/h10-12,14,16H,1-9H2,(H,15,17). The highest BCUT2D eigenvalue weighted by molar-refractivity contribution is 5.78. The molecule has 4 heteroatoms. The third-order valence-corrected chi connectivity index (χ3v) is 4.12. The second kappa shape index (κ2) is 6.36. The van der Waals surface area contributed by atoms with Crippen LogP contribution in [0.5, 0.6) is 0 Å². The monoisotopic (exact) mass is 240 g/mol. The average molecular weight is 240 g/mol. The molecule has 2 unspecified atom stereocenters. The average Bonchev–Trinajstić information content (AvgIpc) is 2.38. The number of carbonyl (C=O) groups is 1. The minimum atomic E-state index is -0.211. The number of aliphatic hydroxyl groups excluding tert-OH is 1. The van der Waals surface area contributed by atoms with Gasteiger partial charge in [0.1, 0.15) is 0 Å². The lowest BCUT2D eigenvalue weighted by molar-refractivity contribution is -0.126. The van der Waals surface area contributed by atoms with Crippen LogP contribution in [0.15, 0.2) is 0 Å². The molecule has 1 amide bonds. The number of nitrogens with one attached hydrogen (secondary N) is 2. The summed E-state index contributed by atoms with van der Waals surface area (Å²) in [4.78, 5) is 11.9. The number of aliphatic hydroxyl groups is 1. The van der Waals surface area contributed by atoms with Gasteiger partial charge in [0, 0.05) is 18.4 Å². The Morgan fingerprint density at radius 2 is 1.88 bits per heavy atom. The summed E-state index contributed by atoms with van der Waals surface area (Å²) in [5.41, 5.74) is 0. The molecule has 3 N–H and O–H groups in total. The molecule has 4 nitrogen and oxygen atoms in total. The summed E-state index contributed by atoms with van der Waals surface area (Å²) in [6.07, 6.45) is 5.93. The van der Waals surface area contributed by atoms with Gasteiger partial charge < -0.3 is 15.7 Å². The molecule has 0 aromatic heterocycles. The molecule has 2 atom stereocenters. The van der Waals surface area contributed by atoms with Crippen LogP contribution in [0.4, 0.5) is 0 Å². The minimum absolute atomic E-state index is 0.178. The largest absolute Gasteiger partial charge is 0.393 e. The Morgan fingerprint density at radius 1 is 1.18 bits per heavy atom. The van der Waals surface area contributed by atoms with E-state index in [0.29, 0.717) is 6.54 Å². The lowest BCUT2D eigenvalue weighted by Crippen LogP contribution is -2.42. The summed E-state index contributed by atoms with van der Waals surface area (Å²) in [6, 6.07) is 0. The highest BCUT2D eigenvalue weighted by atomic mass is 16.3. The Kier molecular flexibility index (Phi) is 4.80. The minimum Gasteiger partial charge on any atom is -0.393 e. The second-order valence-electron chi connectivity index (χ2n) is 5.38. The molecular weight excluding hydrogens is 216 g/mol. The fourth-order valence-corrected chi connectivity index (χ4v) is 2.89. The van der Waals surface area contributed by atoms with Crippen LogP contribution in [0.25, 0.3) is 0 Å². The quantitative estimate of drug-likeness (QED) is 0.679. The van der Waals surface area contributed by atoms with Crippen molar-refractivity contribution in [1.29, 1.82) is 0 Å². The molecule has 0 spiro atoms. The Morgan fingerprint density at radius 3 is 2.59 bits per heavy atom. The maximum absolute atomic E-state index is 11.9. The summed E-state index contributed by atoms with van der Waals surface area (Å²) in [5, 5.41) is 16.1. The lowest BCUT2D eigenvalue weighted by Gasteiger charge is -2.29. The molecule has 0 radical (unpaired) electrons. The molecule has 17 heavy (non-hydrogen) atoms. The number of rotatable bonds is 3. The molecule has 1 aliphatic heterocycles. The number of piperidine rings is 1. The van der Waals surface area contributed by atoms with Crippen molar-refractivity contribution in [3.63, 3.8) is 0 Å². The van der Waals surface area contributed by atoms with Gasteiger partial charge in [0.2, 0.25) is 5.91 Å². The fourth-order valence-electron chi connectivity index (χ4n) is 2.89. The van der Waals surface area contributed by atoms with E-state index in [2.05, 4.69) is 10.6 Å². The zero-order chi connectivity index (χ0) is 12.1. The first-order valence-electron chi connectivity index (χ1n) is 6.94. The van der Waals surface area contributed by atoms with E-state index in [9.17, 15) is 9.90 Å². The van der Waals surface area contributed by atoms with E-state index in [1.54, 1.807) is 0 Å². The Balaban J connectivity index is 1.71. The molecule has 1 heterocycles. The van der Waals surface area contributed by atoms with E-state index in [0.717, 1.165) is 45.2 Å².